The molecule has 0 aliphatic heterocycles. The topological polar surface area (TPSA) is 29.3 Å². The number of anilines is 1. The fourth-order valence-corrected chi connectivity index (χ4v) is 2.76. The summed E-state index contributed by atoms with van der Waals surface area (Å²) in [6.07, 6.45) is 0. The van der Waals surface area contributed by atoms with Gasteiger partial charge in [-0.15, -0.1) is 0 Å². The van der Waals surface area contributed by atoms with Crippen LogP contribution in [-0.2, 0) is 0 Å². The maximum absolute atomic E-state index is 6.46. The van der Waals surface area contributed by atoms with Crippen LogP contribution in [-0.4, -0.2) is 13.6 Å². The van der Waals surface area contributed by atoms with E-state index in [2.05, 4.69) is 78.7 Å². The summed E-state index contributed by atoms with van der Waals surface area (Å²) in [7, 11) is 2.08. The van der Waals surface area contributed by atoms with Crippen LogP contribution in [0.1, 0.15) is 11.6 Å². The Bertz CT molecular complexity index is 716. The summed E-state index contributed by atoms with van der Waals surface area (Å²) in [5.74, 6) is 0. The fourth-order valence-electron chi connectivity index (χ4n) is 2.76. The summed E-state index contributed by atoms with van der Waals surface area (Å²) in [6, 6.07) is 25.1. The highest BCUT2D eigenvalue weighted by atomic mass is 15.1. The molecule has 1 atom stereocenters. The van der Waals surface area contributed by atoms with Gasteiger partial charge < -0.3 is 10.6 Å². The molecule has 0 aromatic heterocycles. The van der Waals surface area contributed by atoms with Crippen LogP contribution in [0.25, 0.3) is 10.8 Å². The zero-order chi connectivity index (χ0) is 14.7. The molecule has 1 unspecified atom stereocenters. The first kappa shape index (κ1) is 13.7. The Labute approximate surface area is 125 Å². The molecular weight excluding hydrogens is 256 g/mol. The van der Waals surface area contributed by atoms with E-state index < -0.39 is 0 Å². The molecule has 0 saturated carbocycles. The Hall–Kier alpha value is -2.32. The maximum Gasteiger partial charge on any atom is 0.0479 e. The van der Waals surface area contributed by atoms with Gasteiger partial charge in [-0.05, 0) is 28.5 Å². The predicted octanol–water partition coefficient (Wildman–Crippen LogP) is 3.98. The molecule has 3 aromatic carbocycles. The smallest absolute Gasteiger partial charge is 0.0479 e. The zero-order valence-electron chi connectivity index (χ0n) is 12.2. The van der Waals surface area contributed by atoms with Gasteiger partial charge >= 0.3 is 0 Å². The molecule has 2 nitrogen and oxygen atoms in total. The van der Waals surface area contributed by atoms with E-state index in [4.69, 9.17) is 5.73 Å². The molecule has 0 fully saturated rings. The van der Waals surface area contributed by atoms with E-state index in [1.54, 1.807) is 0 Å². The summed E-state index contributed by atoms with van der Waals surface area (Å²) >= 11 is 0. The third kappa shape index (κ3) is 2.91. The van der Waals surface area contributed by atoms with Crippen molar-refractivity contribution in [2.45, 2.75) is 6.04 Å². The van der Waals surface area contributed by atoms with Crippen molar-refractivity contribution in [1.82, 2.24) is 0 Å². The molecule has 0 amide bonds. The third-order valence-electron chi connectivity index (χ3n) is 3.89. The van der Waals surface area contributed by atoms with Crippen LogP contribution in [0, 0.1) is 0 Å². The number of rotatable bonds is 4. The maximum atomic E-state index is 6.46. The first-order chi connectivity index (χ1) is 10.3. The van der Waals surface area contributed by atoms with E-state index in [1.807, 2.05) is 6.07 Å². The normalized spacial score (nSPS) is 12.3. The molecule has 0 aliphatic rings. The fraction of sp³-hybridized carbons (Fsp3) is 0.158. The second-order valence-corrected chi connectivity index (χ2v) is 5.39. The van der Waals surface area contributed by atoms with Gasteiger partial charge in [-0.3, -0.25) is 0 Å². The van der Waals surface area contributed by atoms with Crippen molar-refractivity contribution >= 4 is 16.5 Å². The van der Waals surface area contributed by atoms with E-state index in [0.717, 1.165) is 6.54 Å². The first-order valence-electron chi connectivity index (χ1n) is 7.25. The highest BCUT2D eigenvalue weighted by molar-refractivity contribution is 5.86. The molecule has 0 aliphatic carbocycles. The molecule has 0 saturated heterocycles. The molecule has 0 bridgehead atoms. The van der Waals surface area contributed by atoms with Crippen LogP contribution in [0.5, 0.6) is 0 Å². The van der Waals surface area contributed by atoms with Crippen LogP contribution in [0.3, 0.4) is 0 Å². The molecule has 2 N–H and O–H groups in total. The van der Waals surface area contributed by atoms with Gasteiger partial charge in [0.15, 0.2) is 0 Å². The third-order valence-corrected chi connectivity index (χ3v) is 3.89. The zero-order valence-corrected chi connectivity index (χ0v) is 12.2. The average molecular weight is 276 g/mol. The Morgan fingerprint density at radius 2 is 1.52 bits per heavy atom. The molecule has 2 heteroatoms. The van der Waals surface area contributed by atoms with Crippen molar-refractivity contribution in [3.63, 3.8) is 0 Å². The standard InChI is InChI=1S/C19H20N2/c1-21(16-10-3-2-4-11-16)14-19(20)18-13-7-9-15-8-5-6-12-17(15)18/h2-13,19H,14,20H2,1H3. The highest BCUT2D eigenvalue weighted by Gasteiger charge is 2.12. The molecule has 0 spiro atoms. The first-order valence-corrected chi connectivity index (χ1v) is 7.25. The van der Waals surface area contributed by atoms with Gasteiger partial charge in [0.1, 0.15) is 0 Å². The molecule has 3 aromatic rings. The number of para-hydroxylation sites is 1. The lowest BCUT2D eigenvalue weighted by Crippen LogP contribution is -2.29. The average Bonchev–Trinajstić information content (AvgIpc) is 2.55. The van der Waals surface area contributed by atoms with Crippen molar-refractivity contribution < 1.29 is 0 Å². The van der Waals surface area contributed by atoms with Crippen molar-refractivity contribution in [3.05, 3.63) is 78.4 Å². The predicted molar refractivity (Wildman–Crippen MR) is 90.6 cm³/mol. The second-order valence-electron chi connectivity index (χ2n) is 5.39. The molecule has 21 heavy (non-hydrogen) atoms. The van der Waals surface area contributed by atoms with Gasteiger partial charge in [0.25, 0.3) is 0 Å². The van der Waals surface area contributed by atoms with Gasteiger partial charge in [-0.2, -0.15) is 0 Å². The Balaban J connectivity index is 1.86. The number of benzene rings is 3. The van der Waals surface area contributed by atoms with E-state index in [1.165, 1.54) is 22.0 Å². The molecule has 3 rings (SSSR count). The Morgan fingerprint density at radius 1 is 0.857 bits per heavy atom. The minimum absolute atomic E-state index is 0.0127. The summed E-state index contributed by atoms with van der Waals surface area (Å²) in [5, 5.41) is 2.49. The number of hydrogen-bond donors (Lipinski definition) is 1. The molecule has 106 valence electrons. The number of nitrogens with zero attached hydrogens (tertiary/aromatic N) is 1. The van der Waals surface area contributed by atoms with Crippen LogP contribution < -0.4 is 10.6 Å². The van der Waals surface area contributed by atoms with Gasteiger partial charge in [0, 0.05) is 25.3 Å². The lowest BCUT2D eigenvalue weighted by Gasteiger charge is -2.24. The summed E-state index contributed by atoms with van der Waals surface area (Å²) in [4.78, 5) is 2.20. The number of hydrogen-bond acceptors (Lipinski definition) is 2. The van der Waals surface area contributed by atoms with Crippen LogP contribution in [0.4, 0.5) is 5.69 Å². The molecule has 0 heterocycles. The molecular formula is C19H20N2. The van der Waals surface area contributed by atoms with E-state index in [0.29, 0.717) is 0 Å². The van der Waals surface area contributed by atoms with Gasteiger partial charge in [-0.1, -0.05) is 60.7 Å². The van der Waals surface area contributed by atoms with E-state index in [9.17, 15) is 0 Å². The lowest BCUT2D eigenvalue weighted by atomic mass is 9.99. The van der Waals surface area contributed by atoms with Crippen molar-refractivity contribution in [1.29, 1.82) is 0 Å². The largest absolute Gasteiger partial charge is 0.373 e. The lowest BCUT2D eigenvalue weighted by molar-refractivity contribution is 0.708. The Kier molecular flexibility index (Phi) is 3.89. The quantitative estimate of drug-likeness (QED) is 0.781. The number of fused-ring (bicyclic) bond motifs is 1. The highest BCUT2D eigenvalue weighted by Crippen LogP contribution is 2.24. The van der Waals surface area contributed by atoms with Crippen molar-refractivity contribution in [2.75, 3.05) is 18.5 Å². The number of nitrogens with two attached hydrogens (primary N) is 1. The van der Waals surface area contributed by atoms with E-state index in [-0.39, 0.29) is 6.04 Å². The summed E-state index contributed by atoms with van der Waals surface area (Å²) in [5.41, 5.74) is 8.85. The number of likely N-dealkylation sites (N-methyl/N-ethyl adjacent to an activating group) is 1. The minimum atomic E-state index is -0.0127. The van der Waals surface area contributed by atoms with E-state index >= 15 is 0 Å². The SMILES string of the molecule is CN(CC(N)c1cccc2ccccc12)c1ccccc1. The summed E-state index contributed by atoms with van der Waals surface area (Å²) < 4.78 is 0. The van der Waals surface area contributed by atoms with Crippen LogP contribution >= 0.6 is 0 Å². The van der Waals surface area contributed by atoms with Crippen molar-refractivity contribution in [3.8, 4) is 0 Å². The van der Waals surface area contributed by atoms with Crippen LogP contribution in [0.15, 0.2) is 72.8 Å². The van der Waals surface area contributed by atoms with Crippen LogP contribution in [0.2, 0.25) is 0 Å². The van der Waals surface area contributed by atoms with Gasteiger partial charge in [0.2, 0.25) is 0 Å². The second kappa shape index (κ2) is 5.98. The van der Waals surface area contributed by atoms with Gasteiger partial charge in [0.05, 0.1) is 0 Å². The monoisotopic (exact) mass is 276 g/mol. The Morgan fingerprint density at radius 3 is 2.33 bits per heavy atom. The van der Waals surface area contributed by atoms with Gasteiger partial charge in [-0.25, -0.2) is 0 Å². The summed E-state index contributed by atoms with van der Waals surface area (Å²) in [6.45, 7) is 0.790. The minimum Gasteiger partial charge on any atom is -0.373 e. The van der Waals surface area contributed by atoms with Crippen molar-refractivity contribution in [2.24, 2.45) is 5.73 Å². The molecule has 0 radical (unpaired) electrons.